The van der Waals surface area contributed by atoms with E-state index >= 15 is 0 Å². The molecule has 0 saturated carbocycles. The Kier molecular flexibility index (Phi) is 4.35. The summed E-state index contributed by atoms with van der Waals surface area (Å²) >= 11 is 0. The van der Waals surface area contributed by atoms with E-state index in [1.165, 1.54) is 16.9 Å². The van der Waals surface area contributed by atoms with Gasteiger partial charge in [-0.3, -0.25) is 4.68 Å². The van der Waals surface area contributed by atoms with Crippen LogP contribution in [0.25, 0.3) is 0 Å². The van der Waals surface area contributed by atoms with Crippen molar-refractivity contribution in [3.8, 4) is 0 Å². The third-order valence-corrected chi connectivity index (χ3v) is 3.44. The van der Waals surface area contributed by atoms with Gasteiger partial charge in [-0.25, -0.2) is 18.4 Å². The van der Waals surface area contributed by atoms with Crippen LogP contribution in [-0.4, -0.2) is 40.2 Å². The quantitative estimate of drug-likeness (QED) is 0.890. The molecule has 2 aromatic heterocycles. The molecule has 0 amide bonds. The molecule has 0 aromatic carbocycles. The first kappa shape index (κ1) is 16.2. The highest BCUT2D eigenvalue weighted by atomic mass is 32.2. The van der Waals surface area contributed by atoms with Gasteiger partial charge in [0.05, 0.1) is 12.3 Å². The van der Waals surface area contributed by atoms with E-state index in [0.29, 0.717) is 0 Å². The zero-order valence-corrected chi connectivity index (χ0v) is 12.2. The van der Waals surface area contributed by atoms with Gasteiger partial charge in [-0.05, 0) is 6.07 Å². The van der Waals surface area contributed by atoms with Gasteiger partial charge in [-0.1, -0.05) is 0 Å². The van der Waals surface area contributed by atoms with Gasteiger partial charge in [-0.2, -0.15) is 18.3 Å². The van der Waals surface area contributed by atoms with Crippen LogP contribution in [0.2, 0.25) is 0 Å². The minimum atomic E-state index is -4.56. The van der Waals surface area contributed by atoms with E-state index in [2.05, 4.69) is 20.4 Å². The summed E-state index contributed by atoms with van der Waals surface area (Å²) in [5, 5.41) is 6.51. The predicted octanol–water partition coefficient (Wildman–Crippen LogP) is 1.48. The molecule has 0 atom stereocenters. The van der Waals surface area contributed by atoms with Crippen molar-refractivity contribution in [2.24, 2.45) is 0 Å². The fourth-order valence-corrected chi connectivity index (χ4v) is 2.02. The lowest BCUT2D eigenvalue weighted by Gasteiger charge is -2.07. The van der Waals surface area contributed by atoms with Gasteiger partial charge in [0.1, 0.15) is 15.5 Å². The predicted molar refractivity (Wildman–Crippen MR) is 72.3 cm³/mol. The van der Waals surface area contributed by atoms with E-state index in [1.54, 1.807) is 0 Å². The fourth-order valence-electron chi connectivity index (χ4n) is 1.50. The zero-order chi connectivity index (χ0) is 16.4. The van der Waals surface area contributed by atoms with E-state index in [0.717, 1.165) is 18.5 Å². The monoisotopic (exact) mass is 335 g/mol. The van der Waals surface area contributed by atoms with Gasteiger partial charge in [0.2, 0.25) is 5.95 Å². The molecule has 0 saturated heterocycles. The maximum absolute atomic E-state index is 12.5. The highest BCUT2D eigenvalue weighted by Crippen LogP contribution is 2.27. The number of hydrogen-bond donors (Lipinski definition) is 1. The number of anilines is 2. The van der Waals surface area contributed by atoms with Crippen molar-refractivity contribution in [3.63, 3.8) is 0 Å². The summed E-state index contributed by atoms with van der Waals surface area (Å²) in [7, 11) is -3.12. The van der Waals surface area contributed by atoms with Gasteiger partial charge in [-0.15, -0.1) is 0 Å². The highest BCUT2D eigenvalue weighted by Gasteiger charge is 2.32. The molecule has 0 aliphatic heterocycles. The number of aromatic nitrogens is 4. The van der Waals surface area contributed by atoms with Crippen LogP contribution in [0.15, 0.2) is 24.5 Å². The number of nitrogens with one attached hydrogen (secondary N) is 1. The van der Waals surface area contributed by atoms with Crippen LogP contribution in [0.5, 0.6) is 0 Å². The Morgan fingerprint density at radius 3 is 2.68 bits per heavy atom. The van der Waals surface area contributed by atoms with Gasteiger partial charge >= 0.3 is 6.18 Å². The smallest absolute Gasteiger partial charge is 0.307 e. The standard InChI is InChI=1S/C11H12F3N5O2S/c1-22(20,21)7-6-19-5-3-9(18-19)17-10-15-4-2-8(16-10)11(12,13)14/h2-5H,6-7H2,1H3,(H,15,16,17,18). The second kappa shape index (κ2) is 5.91. The molecule has 2 heterocycles. The Labute approximate surface area is 124 Å². The average Bonchev–Trinajstić information content (AvgIpc) is 2.83. The number of halogens is 3. The van der Waals surface area contributed by atoms with Crippen LogP contribution < -0.4 is 5.32 Å². The Bertz CT molecular complexity index is 757. The van der Waals surface area contributed by atoms with E-state index in [1.807, 2.05) is 0 Å². The first-order chi connectivity index (χ1) is 10.1. The number of aryl methyl sites for hydroxylation is 1. The highest BCUT2D eigenvalue weighted by molar-refractivity contribution is 7.90. The SMILES string of the molecule is CS(=O)(=O)CCn1ccc(Nc2nccc(C(F)(F)F)n2)n1. The molecule has 0 aliphatic carbocycles. The van der Waals surface area contributed by atoms with Crippen molar-refractivity contribution in [1.29, 1.82) is 0 Å². The third-order valence-electron chi connectivity index (χ3n) is 2.52. The maximum Gasteiger partial charge on any atom is 0.433 e. The van der Waals surface area contributed by atoms with Crippen molar-refractivity contribution in [2.75, 3.05) is 17.3 Å². The lowest BCUT2D eigenvalue weighted by molar-refractivity contribution is -0.141. The molecule has 2 rings (SSSR count). The molecule has 0 bridgehead atoms. The molecule has 1 N–H and O–H groups in total. The largest absolute Gasteiger partial charge is 0.433 e. The minimum Gasteiger partial charge on any atom is -0.307 e. The Balaban J connectivity index is 2.07. The second-order valence-electron chi connectivity index (χ2n) is 4.48. The fraction of sp³-hybridized carbons (Fsp3) is 0.364. The first-order valence-electron chi connectivity index (χ1n) is 6.02. The molecule has 22 heavy (non-hydrogen) atoms. The van der Waals surface area contributed by atoms with Gasteiger partial charge in [0, 0.05) is 24.7 Å². The number of rotatable bonds is 5. The van der Waals surface area contributed by atoms with Crippen molar-refractivity contribution >= 4 is 21.6 Å². The van der Waals surface area contributed by atoms with Crippen LogP contribution in [-0.2, 0) is 22.6 Å². The molecule has 0 spiro atoms. The molecule has 0 radical (unpaired) electrons. The van der Waals surface area contributed by atoms with Crippen molar-refractivity contribution in [1.82, 2.24) is 19.7 Å². The van der Waals surface area contributed by atoms with E-state index < -0.39 is 21.7 Å². The van der Waals surface area contributed by atoms with Crippen LogP contribution in [0.4, 0.5) is 24.9 Å². The number of nitrogens with zero attached hydrogens (tertiary/aromatic N) is 4. The van der Waals surface area contributed by atoms with E-state index in [-0.39, 0.29) is 24.1 Å². The number of hydrogen-bond acceptors (Lipinski definition) is 6. The summed E-state index contributed by atoms with van der Waals surface area (Å²) in [4.78, 5) is 7.02. The summed E-state index contributed by atoms with van der Waals surface area (Å²) in [6.07, 6.45) is -0.972. The lowest BCUT2D eigenvalue weighted by Crippen LogP contribution is -2.12. The molecule has 0 aliphatic rings. The summed E-state index contributed by atoms with van der Waals surface area (Å²) in [5.41, 5.74) is -1.07. The van der Waals surface area contributed by atoms with Crippen LogP contribution in [0.1, 0.15) is 5.69 Å². The first-order valence-corrected chi connectivity index (χ1v) is 8.08. The lowest BCUT2D eigenvalue weighted by atomic mass is 10.4. The van der Waals surface area contributed by atoms with Crippen molar-refractivity contribution < 1.29 is 21.6 Å². The Hall–Kier alpha value is -2.17. The normalized spacial score (nSPS) is 12.4. The molecular weight excluding hydrogens is 323 g/mol. The summed E-state index contributed by atoms with van der Waals surface area (Å²) in [6.45, 7) is 0.143. The Morgan fingerprint density at radius 2 is 2.05 bits per heavy atom. The van der Waals surface area contributed by atoms with Crippen molar-refractivity contribution in [3.05, 3.63) is 30.2 Å². The topological polar surface area (TPSA) is 89.8 Å². The van der Waals surface area contributed by atoms with Gasteiger partial charge in [0.25, 0.3) is 0 Å². The van der Waals surface area contributed by atoms with Crippen LogP contribution in [0, 0.1) is 0 Å². The molecule has 120 valence electrons. The van der Waals surface area contributed by atoms with Crippen molar-refractivity contribution in [2.45, 2.75) is 12.7 Å². The van der Waals surface area contributed by atoms with Gasteiger partial charge in [0.15, 0.2) is 5.82 Å². The van der Waals surface area contributed by atoms with Crippen LogP contribution >= 0.6 is 0 Å². The summed E-state index contributed by atoms with van der Waals surface area (Å²) in [6, 6.07) is 2.24. The van der Waals surface area contributed by atoms with Gasteiger partial charge < -0.3 is 5.32 Å². The Morgan fingerprint density at radius 1 is 1.32 bits per heavy atom. The molecule has 11 heteroatoms. The summed E-state index contributed by atoms with van der Waals surface area (Å²) < 4.78 is 61.0. The van der Waals surface area contributed by atoms with E-state index in [9.17, 15) is 21.6 Å². The minimum absolute atomic E-state index is 0.0891. The van der Waals surface area contributed by atoms with E-state index in [4.69, 9.17) is 0 Å². The average molecular weight is 335 g/mol. The molecular formula is C11H12F3N5O2S. The molecule has 7 nitrogen and oxygen atoms in total. The zero-order valence-electron chi connectivity index (χ0n) is 11.4. The molecule has 0 fully saturated rings. The maximum atomic E-state index is 12.5. The molecule has 0 unspecified atom stereocenters. The number of alkyl halides is 3. The molecule has 2 aromatic rings. The second-order valence-corrected chi connectivity index (χ2v) is 6.74. The number of sulfone groups is 1. The summed E-state index contributed by atoms with van der Waals surface area (Å²) in [5.74, 6) is -0.121. The van der Waals surface area contributed by atoms with Crippen LogP contribution in [0.3, 0.4) is 0 Å². The third kappa shape index (κ3) is 4.69.